The predicted molar refractivity (Wildman–Crippen MR) is 80.2 cm³/mol. The summed E-state index contributed by atoms with van der Waals surface area (Å²) in [6.07, 6.45) is 1.04. The summed E-state index contributed by atoms with van der Waals surface area (Å²) in [6.45, 7) is 1.89. The minimum Gasteiger partial charge on any atom is -0.480 e. The van der Waals surface area contributed by atoms with E-state index in [-0.39, 0.29) is 11.6 Å². The van der Waals surface area contributed by atoms with E-state index in [0.717, 1.165) is 6.07 Å². The molecule has 0 bridgehead atoms. The summed E-state index contributed by atoms with van der Waals surface area (Å²) < 4.78 is 13.3. The highest BCUT2D eigenvalue weighted by Gasteiger charge is 2.47. The fourth-order valence-electron chi connectivity index (χ4n) is 2.94. The van der Waals surface area contributed by atoms with Gasteiger partial charge in [0.15, 0.2) is 0 Å². The maximum Gasteiger partial charge on any atom is 0.329 e. The zero-order valence-electron chi connectivity index (χ0n) is 13.0. The molecule has 22 heavy (non-hydrogen) atoms. The molecule has 1 aromatic carbocycles. The summed E-state index contributed by atoms with van der Waals surface area (Å²) in [4.78, 5) is 27.7. The van der Waals surface area contributed by atoms with Gasteiger partial charge in [-0.3, -0.25) is 4.79 Å². The highest BCUT2D eigenvalue weighted by Crippen LogP contribution is 2.31. The van der Waals surface area contributed by atoms with Crippen molar-refractivity contribution >= 4 is 11.9 Å². The third-order valence-electron chi connectivity index (χ3n) is 4.42. The number of piperidine rings is 1. The molecule has 1 aromatic rings. The standard InChI is InChI=1S/C16H21FN2O3/c1-16(15(21)22)10-13(18(2)3)7-8-19(16)14(20)11-5-4-6-12(17)9-11/h4-6,9,13H,7-8,10H2,1-3H3,(H,21,22). The fraction of sp³-hybridized carbons (Fsp3) is 0.500. The smallest absolute Gasteiger partial charge is 0.329 e. The minimum absolute atomic E-state index is 0.0951. The number of carboxylic acids is 1. The number of rotatable bonds is 3. The quantitative estimate of drug-likeness (QED) is 0.925. The van der Waals surface area contributed by atoms with Crippen LogP contribution in [0.2, 0.25) is 0 Å². The average Bonchev–Trinajstić information content (AvgIpc) is 2.46. The molecule has 2 rings (SSSR count). The van der Waals surface area contributed by atoms with Crippen LogP contribution in [0.25, 0.3) is 0 Å². The molecule has 2 atom stereocenters. The van der Waals surface area contributed by atoms with E-state index < -0.39 is 23.2 Å². The first kappa shape index (κ1) is 16.4. The van der Waals surface area contributed by atoms with Crippen LogP contribution in [0.15, 0.2) is 24.3 Å². The maximum atomic E-state index is 13.3. The highest BCUT2D eigenvalue weighted by molar-refractivity contribution is 5.98. The normalized spacial score (nSPS) is 25.3. The van der Waals surface area contributed by atoms with Crippen molar-refractivity contribution in [3.8, 4) is 0 Å². The molecule has 1 heterocycles. The van der Waals surface area contributed by atoms with Gasteiger partial charge in [-0.1, -0.05) is 6.07 Å². The van der Waals surface area contributed by atoms with Gasteiger partial charge in [-0.25, -0.2) is 9.18 Å². The van der Waals surface area contributed by atoms with Gasteiger partial charge in [0.1, 0.15) is 11.4 Å². The summed E-state index contributed by atoms with van der Waals surface area (Å²) >= 11 is 0. The van der Waals surface area contributed by atoms with Crippen LogP contribution in [0.3, 0.4) is 0 Å². The first-order chi connectivity index (χ1) is 10.3. The fourth-order valence-corrected chi connectivity index (χ4v) is 2.94. The number of carbonyl (C=O) groups excluding carboxylic acids is 1. The number of aliphatic carboxylic acids is 1. The van der Waals surface area contributed by atoms with E-state index >= 15 is 0 Å². The maximum absolute atomic E-state index is 13.3. The molecule has 6 heteroatoms. The SMILES string of the molecule is CN(C)C1CCN(C(=O)c2cccc(F)c2)C(C)(C(=O)O)C1. The van der Waals surface area contributed by atoms with Gasteiger partial charge in [0.05, 0.1) is 0 Å². The van der Waals surface area contributed by atoms with Crippen molar-refractivity contribution in [2.45, 2.75) is 31.3 Å². The van der Waals surface area contributed by atoms with E-state index in [9.17, 15) is 19.1 Å². The molecule has 0 aliphatic carbocycles. The van der Waals surface area contributed by atoms with Crippen LogP contribution in [0.5, 0.6) is 0 Å². The third-order valence-corrected chi connectivity index (χ3v) is 4.42. The van der Waals surface area contributed by atoms with Crippen LogP contribution in [-0.2, 0) is 4.79 Å². The Kier molecular flexibility index (Phi) is 4.51. The predicted octanol–water partition coefficient (Wildman–Crippen LogP) is 1.84. The van der Waals surface area contributed by atoms with Crippen LogP contribution in [0.1, 0.15) is 30.1 Å². The largest absolute Gasteiger partial charge is 0.480 e. The second-order valence-electron chi connectivity index (χ2n) is 6.16. The number of nitrogens with zero attached hydrogens (tertiary/aromatic N) is 2. The van der Waals surface area contributed by atoms with Crippen molar-refractivity contribution < 1.29 is 19.1 Å². The number of hydrogen-bond acceptors (Lipinski definition) is 3. The molecule has 0 radical (unpaired) electrons. The van der Waals surface area contributed by atoms with Gasteiger partial charge < -0.3 is 14.9 Å². The van der Waals surface area contributed by atoms with Crippen LogP contribution in [0, 0.1) is 5.82 Å². The van der Waals surface area contributed by atoms with E-state index in [4.69, 9.17) is 0 Å². The minimum atomic E-state index is -1.30. The van der Waals surface area contributed by atoms with E-state index in [0.29, 0.717) is 19.4 Å². The lowest BCUT2D eigenvalue weighted by molar-refractivity contribution is -0.152. The number of benzene rings is 1. The van der Waals surface area contributed by atoms with Crippen LogP contribution in [-0.4, -0.2) is 59.0 Å². The molecule has 1 aliphatic rings. The molecular formula is C16H21FN2O3. The lowest BCUT2D eigenvalue weighted by Crippen LogP contribution is -2.61. The number of hydrogen-bond donors (Lipinski definition) is 1. The Bertz CT molecular complexity index is 591. The zero-order valence-corrected chi connectivity index (χ0v) is 13.0. The lowest BCUT2D eigenvalue weighted by atomic mass is 9.84. The Morgan fingerprint density at radius 2 is 2.09 bits per heavy atom. The molecule has 1 amide bonds. The van der Waals surface area contributed by atoms with Crippen LogP contribution < -0.4 is 0 Å². The molecular weight excluding hydrogens is 287 g/mol. The molecule has 1 fully saturated rings. The number of carbonyl (C=O) groups is 2. The average molecular weight is 308 g/mol. The van der Waals surface area contributed by atoms with Gasteiger partial charge in [-0.2, -0.15) is 0 Å². The van der Waals surface area contributed by atoms with Gasteiger partial charge in [0.2, 0.25) is 0 Å². The van der Waals surface area contributed by atoms with Gasteiger partial charge in [-0.05, 0) is 52.1 Å². The molecule has 1 aliphatic heterocycles. The Labute approximate surface area is 129 Å². The number of halogens is 1. The molecule has 0 saturated carbocycles. The molecule has 120 valence electrons. The second kappa shape index (κ2) is 6.04. The van der Waals surface area contributed by atoms with Crippen molar-refractivity contribution in [2.24, 2.45) is 0 Å². The van der Waals surface area contributed by atoms with Gasteiger partial charge in [-0.15, -0.1) is 0 Å². The Morgan fingerprint density at radius 1 is 1.41 bits per heavy atom. The van der Waals surface area contributed by atoms with Crippen molar-refractivity contribution in [3.63, 3.8) is 0 Å². The molecule has 1 N–H and O–H groups in total. The summed E-state index contributed by atoms with van der Waals surface area (Å²) in [5.41, 5.74) is -1.12. The summed E-state index contributed by atoms with van der Waals surface area (Å²) in [5, 5.41) is 9.63. The molecule has 1 saturated heterocycles. The van der Waals surface area contributed by atoms with Crippen LogP contribution >= 0.6 is 0 Å². The first-order valence-electron chi connectivity index (χ1n) is 7.23. The van der Waals surface area contributed by atoms with Gasteiger partial charge in [0.25, 0.3) is 5.91 Å². The van der Waals surface area contributed by atoms with Crippen LogP contribution in [0.4, 0.5) is 4.39 Å². The number of likely N-dealkylation sites (tertiary alicyclic amines) is 1. The summed E-state index contributed by atoms with van der Waals surface area (Å²) in [5.74, 6) is -1.99. The van der Waals surface area contributed by atoms with E-state index in [1.807, 2.05) is 19.0 Å². The zero-order chi connectivity index (χ0) is 16.5. The monoisotopic (exact) mass is 308 g/mol. The Balaban J connectivity index is 2.32. The van der Waals surface area contributed by atoms with E-state index in [1.165, 1.54) is 23.1 Å². The van der Waals surface area contributed by atoms with Crippen molar-refractivity contribution in [2.75, 3.05) is 20.6 Å². The first-order valence-corrected chi connectivity index (χ1v) is 7.23. The van der Waals surface area contributed by atoms with Crippen molar-refractivity contribution in [1.82, 2.24) is 9.80 Å². The summed E-state index contributed by atoms with van der Waals surface area (Å²) in [6, 6.07) is 5.45. The molecule has 0 aromatic heterocycles. The molecule has 5 nitrogen and oxygen atoms in total. The van der Waals surface area contributed by atoms with Gasteiger partial charge >= 0.3 is 5.97 Å². The summed E-state index contributed by atoms with van der Waals surface area (Å²) in [7, 11) is 3.80. The highest BCUT2D eigenvalue weighted by atomic mass is 19.1. The number of amides is 1. The van der Waals surface area contributed by atoms with Crippen molar-refractivity contribution in [3.05, 3.63) is 35.6 Å². The topological polar surface area (TPSA) is 60.9 Å². The van der Waals surface area contributed by atoms with E-state index in [2.05, 4.69) is 0 Å². The molecule has 0 spiro atoms. The molecule has 2 unspecified atom stereocenters. The Hall–Kier alpha value is -1.95. The van der Waals surface area contributed by atoms with Crippen molar-refractivity contribution in [1.29, 1.82) is 0 Å². The lowest BCUT2D eigenvalue weighted by Gasteiger charge is -2.46. The third kappa shape index (κ3) is 2.97. The second-order valence-corrected chi connectivity index (χ2v) is 6.16. The van der Waals surface area contributed by atoms with E-state index in [1.54, 1.807) is 6.92 Å². The number of carboxylic acid groups (broad SMARTS) is 1. The Morgan fingerprint density at radius 3 is 2.64 bits per heavy atom. The van der Waals surface area contributed by atoms with Gasteiger partial charge in [0, 0.05) is 18.2 Å².